The van der Waals surface area contributed by atoms with Gasteiger partial charge in [0, 0.05) is 38.6 Å². The van der Waals surface area contributed by atoms with Crippen LogP contribution in [0.1, 0.15) is 30.9 Å². The second-order valence-electron chi connectivity index (χ2n) is 8.96. The molecule has 0 radical (unpaired) electrons. The monoisotopic (exact) mass is 499 g/mol. The molecule has 12 heteroatoms. The summed E-state index contributed by atoms with van der Waals surface area (Å²) in [6.07, 6.45) is 3.05. The summed E-state index contributed by atoms with van der Waals surface area (Å²) in [5.74, 6) is -0.0649. The molecule has 0 aromatic carbocycles. The fourth-order valence-electron chi connectivity index (χ4n) is 4.59. The Kier molecular flexibility index (Phi) is 7.14. The van der Waals surface area contributed by atoms with Crippen LogP contribution in [0.3, 0.4) is 0 Å². The van der Waals surface area contributed by atoms with Crippen LogP contribution in [0.2, 0.25) is 0 Å². The van der Waals surface area contributed by atoms with Crippen molar-refractivity contribution in [3.8, 4) is 11.5 Å². The van der Waals surface area contributed by atoms with Gasteiger partial charge < -0.3 is 19.0 Å². The van der Waals surface area contributed by atoms with E-state index in [-0.39, 0.29) is 11.9 Å². The van der Waals surface area contributed by atoms with Gasteiger partial charge >= 0.3 is 6.43 Å². The van der Waals surface area contributed by atoms with Crippen molar-refractivity contribution in [3.05, 3.63) is 48.2 Å². The third-order valence-corrected chi connectivity index (χ3v) is 6.65. The Morgan fingerprint density at radius 1 is 1.17 bits per heavy atom. The minimum Gasteiger partial charge on any atom is -0.415 e. The lowest BCUT2D eigenvalue weighted by atomic mass is 10.0. The molecule has 2 aliphatic heterocycles. The zero-order valence-electron chi connectivity index (χ0n) is 19.8. The molecule has 0 spiro atoms. The maximum Gasteiger partial charge on any atom is 0.314 e. The predicted octanol–water partition coefficient (Wildman–Crippen LogP) is 2.93. The quantitative estimate of drug-likeness (QED) is 0.411. The smallest absolute Gasteiger partial charge is 0.314 e. The molecule has 1 amide bonds. The number of hydrogen-bond donors (Lipinski definition) is 0. The van der Waals surface area contributed by atoms with Gasteiger partial charge in [0.25, 0.3) is 5.89 Å². The normalized spacial score (nSPS) is 17.2. The molecule has 10 nitrogen and oxygen atoms in total. The van der Waals surface area contributed by atoms with Crippen molar-refractivity contribution >= 4 is 17.9 Å². The Labute approximate surface area is 206 Å². The summed E-state index contributed by atoms with van der Waals surface area (Å²) in [5, 5.41) is 6.99. The number of hydrogen-bond acceptors (Lipinski definition) is 9. The molecule has 5 rings (SSSR count). The van der Waals surface area contributed by atoms with Crippen molar-refractivity contribution in [2.75, 3.05) is 43.2 Å². The van der Waals surface area contributed by atoms with Gasteiger partial charge in [-0.05, 0) is 37.1 Å². The molecule has 0 bridgehead atoms. The lowest BCUT2D eigenvalue weighted by Crippen LogP contribution is -2.54. The van der Waals surface area contributed by atoms with Crippen LogP contribution in [0.15, 0.2) is 41.1 Å². The Morgan fingerprint density at radius 2 is 1.97 bits per heavy atom. The van der Waals surface area contributed by atoms with E-state index in [1.54, 1.807) is 23.2 Å². The van der Waals surface area contributed by atoms with Gasteiger partial charge in [0.15, 0.2) is 5.82 Å². The molecule has 0 unspecified atom stereocenters. The van der Waals surface area contributed by atoms with Crippen molar-refractivity contribution < 1.29 is 22.7 Å². The van der Waals surface area contributed by atoms with Gasteiger partial charge in [-0.1, -0.05) is 0 Å². The van der Waals surface area contributed by atoms with Crippen LogP contribution in [0.5, 0.6) is 0 Å². The third-order valence-electron chi connectivity index (χ3n) is 6.65. The van der Waals surface area contributed by atoms with Crippen molar-refractivity contribution in [2.24, 2.45) is 0 Å². The number of nitrogens with zero attached hydrogens (tertiary/aromatic N) is 7. The lowest BCUT2D eigenvalue weighted by Gasteiger charge is -2.43. The second-order valence-corrected chi connectivity index (χ2v) is 8.96. The summed E-state index contributed by atoms with van der Waals surface area (Å²) in [5.41, 5.74) is 1.92. The van der Waals surface area contributed by atoms with E-state index in [2.05, 4.69) is 25.1 Å². The van der Waals surface area contributed by atoms with E-state index >= 15 is 0 Å². The molecule has 3 aromatic heterocycles. The van der Waals surface area contributed by atoms with Gasteiger partial charge in [0.05, 0.1) is 42.7 Å². The number of pyridine rings is 2. The first-order valence-electron chi connectivity index (χ1n) is 11.8. The summed E-state index contributed by atoms with van der Waals surface area (Å²) >= 11 is 0. The highest BCUT2D eigenvalue weighted by Gasteiger charge is 2.32. The molecular weight excluding hydrogens is 472 g/mol. The number of amides is 1. The number of ether oxygens (including phenoxy) is 1. The van der Waals surface area contributed by atoms with E-state index in [4.69, 9.17) is 9.15 Å². The van der Waals surface area contributed by atoms with Crippen LogP contribution >= 0.6 is 0 Å². The minimum absolute atomic E-state index is 0.0118. The molecule has 2 fully saturated rings. The second kappa shape index (κ2) is 10.6. The SMILES string of the molecule is CN(Cc1ccc(-c2nnc(C(F)F)o2)cn1)c1ncccc1N(C=O)C1CCN(C2COC2)CC1. The Hall–Kier alpha value is -3.51. The fourth-order valence-corrected chi connectivity index (χ4v) is 4.59. The summed E-state index contributed by atoms with van der Waals surface area (Å²) < 4.78 is 35.7. The lowest BCUT2D eigenvalue weighted by molar-refractivity contribution is -0.108. The van der Waals surface area contributed by atoms with Crippen LogP contribution in [-0.4, -0.2) is 76.9 Å². The Morgan fingerprint density at radius 3 is 2.58 bits per heavy atom. The Bertz CT molecular complexity index is 1160. The van der Waals surface area contributed by atoms with Crippen molar-refractivity contribution in [1.29, 1.82) is 0 Å². The van der Waals surface area contributed by atoms with Crippen LogP contribution in [0, 0.1) is 0 Å². The first-order valence-corrected chi connectivity index (χ1v) is 11.8. The van der Waals surface area contributed by atoms with Crippen LogP contribution < -0.4 is 9.80 Å². The van der Waals surface area contributed by atoms with E-state index in [1.807, 2.05) is 24.1 Å². The van der Waals surface area contributed by atoms with E-state index in [0.29, 0.717) is 24.0 Å². The van der Waals surface area contributed by atoms with Gasteiger partial charge in [0.1, 0.15) is 0 Å². The van der Waals surface area contributed by atoms with Crippen LogP contribution in [-0.2, 0) is 16.1 Å². The van der Waals surface area contributed by atoms with Crippen molar-refractivity contribution in [1.82, 2.24) is 25.1 Å². The number of alkyl halides is 2. The number of likely N-dealkylation sites (tertiary alicyclic amines) is 1. The average Bonchev–Trinajstić information content (AvgIpc) is 3.36. The first-order chi connectivity index (χ1) is 17.5. The first kappa shape index (κ1) is 24.2. The standard InChI is InChI=1S/C24H27F2N7O3/c1-31(12-17-5-4-16(11-28-17)23-29-30-24(36-23)21(25)26)22-20(3-2-8-27-22)33(15-34)18-6-9-32(10-7-18)19-13-35-14-19/h2-5,8,11,15,18-19,21H,6-7,9-10,12-14H2,1H3. The van der Waals surface area contributed by atoms with Gasteiger partial charge in [0.2, 0.25) is 12.3 Å². The third kappa shape index (κ3) is 5.05. The summed E-state index contributed by atoms with van der Waals surface area (Å²) in [6.45, 7) is 3.87. The number of piperidine rings is 1. The fraction of sp³-hybridized carbons (Fsp3) is 0.458. The number of carbonyl (C=O) groups is 1. The molecule has 5 heterocycles. The van der Waals surface area contributed by atoms with Gasteiger partial charge in [-0.3, -0.25) is 14.7 Å². The summed E-state index contributed by atoms with van der Waals surface area (Å²) in [7, 11) is 1.89. The minimum atomic E-state index is -2.82. The molecule has 3 aromatic rings. The van der Waals surface area contributed by atoms with Gasteiger partial charge in [-0.15, -0.1) is 10.2 Å². The summed E-state index contributed by atoms with van der Waals surface area (Å²) in [4.78, 5) is 27.3. The molecule has 36 heavy (non-hydrogen) atoms. The van der Waals surface area contributed by atoms with Crippen molar-refractivity contribution in [3.63, 3.8) is 0 Å². The molecule has 0 saturated carbocycles. The van der Waals surface area contributed by atoms with E-state index < -0.39 is 12.3 Å². The molecule has 2 aliphatic rings. The number of carbonyl (C=O) groups excluding carboxylic acids is 1. The zero-order valence-corrected chi connectivity index (χ0v) is 19.8. The molecular formula is C24H27F2N7O3. The van der Waals surface area contributed by atoms with E-state index in [0.717, 1.165) is 56.9 Å². The molecule has 0 aliphatic carbocycles. The Balaban J connectivity index is 1.27. The van der Waals surface area contributed by atoms with Crippen LogP contribution in [0.25, 0.3) is 11.5 Å². The van der Waals surface area contributed by atoms with Gasteiger partial charge in [-0.25, -0.2) is 4.98 Å². The van der Waals surface area contributed by atoms with E-state index in [1.165, 1.54) is 6.20 Å². The number of halogens is 2. The molecule has 2 saturated heterocycles. The highest BCUT2D eigenvalue weighted by atomic mass is 19.3. The summed E-state index contributed by atoms with van der Waals surface area (Å²) in [6, 6.07) is 7.79. The zero-order chi connectivity index (χ0) is 25.1. The molecule has 190 valence electrons. The van der Waals surface area contributed by atoms with Crippen LogP contribution in [0.4, 0.5) is 20.3 Å². The maximum absolute atomic E-state index is 12.7. The van der Waals surface area contributed by atoms with Crippen molar-refractivity contribution in [2.45, 2.75) is 37.9 Å². The predicted molar refractivity (Wildman–Crippen MR) is 127 cm³/mol. The maximum atomic E-state index is 12.7. The molecule has 0 N–H and O–H groups in total. The van der Waals surface area contributed by atoms with Gasteiger partial charge in [-0.2, -0.15) is 8.78 Å². The highest BCUT2D eigenvalue weighted by Crippen LogP contribution is 2.31. The highest BCUT2D eigenvalue weighted by molar-refractivity contribution is 5.82. The largest absolute Gasteiger partial charge is 0.415 e. The number of aromatic nitrogens is 4. The number of rotatable bonds is 9. The number of anilines is 2. The average molecular weight is 500 g/mol. The topological polar surface area (TPSA) is 101 Å². The molecule has 0 atom stereocenters. The van der Waals surface area contributed by atoms with E-state index in [9.17, 15) is 13.6 Å².